The Morgan fingerprint density at radius 1 is 1.38 bits per heavy atom. The molecule has 0 saturated heterocycles. The molecule has 0 aliphatic carbocycles. The number of fused-ring (bicyclic) bond motifs is 1. The number of likely N-dealkylation sites (N-methyl/N-ethyl adjacent to an activating group) is 1. The summed E-state index contributed by atoms with van der Waals surface area (Å²) in [4.78, 5) is 33.8. The van der Waals surface area contributed by atoms with Gasteiger partial charge in [0.05, 0.1) is 23.2 Å². The van der Waals surface area contributed by atoms with Crippen molar-refractivity contribution < 1.29 is 14.3 Å². The van der Waals surface area contributed by atoms with Gasteiger partial charge < -0.3 is 19.9 Å². The maximum absolute atomic E-state index is 13.3. The van der Waals surface area contributed by atoms with Crippen LogP contribution in [0.4, 0.5) is 0 Å². The number of hydrogen-bond donors (Lipinski definition) is 1. The summed E-state index contributed by atoms with van der Waals surface area (Å²) in [6.45, 7) is 5.19. The molecule has 7 nitrogen and oxygen atoms in total. The van der Waals surface area contributed by atoms with Crippen LogP contribution in [0.2, 0.25) is 0 Å². The molecule has 2 heterocycles. The monoisotopic (exact) mass is 416 g/mol. The van der Waals surface area contributed by atoms with Gasteiger partial charge in [0, 0.05) is 24.0 Å². The molecule has 2 amide bonds. The van der Waals surface area contributed by atoms with Crippen molar-refractivity contribution in [3.05, 3.63) is 45.9 Å². The van der Waals surface area contributed by atoms with Crippen LogP contribution < -0.4 is 10.1 Å². The van der Waals surface area contributed by atoms with Crippen molar-refractivity contribution in [3.63, 3.8) is 0 Å². The molecule has 1 aliphatic rings. The van der Waals surface area contributed by atoms with Gasteiger partial charge in [-0.15, -0.1) is 11.3 Å². The average molecular weight is 417 g/mol. The SMILES string of the molecule is Cc1nc(CC(=O)NC(C)C(=O)N2Cc3ccccc3OCC2CN(C)C)cs1. The summed E-state index contributed by atoms with van der Waals surface area (Å²) in [7, 11) is 3.95. The Balaban J connectivity index is 1.71. The fraction of sp³-hybridized carbons (Fsp3) is 0.476. The molecule has 156 valence electrons. The van der Waals surface area contributed by atoms with Crippen molar-refractivity contribution in [2.75, 3.05) is 27.2 Å². The van der Waals surface area contributed by atoms with E-state index in [4.69, 9.17) is 4.74 Å². The molecule has 1 aliphatic heterocycles. The standard InChI is InChI=1S/C21H28N4O3S/c1-14(22-20(26)9-17-13-29-15(2)23-17)21(27)25-10-16-7-5-6-8-19(16)28-12-18(25)11-24(3)4/h5-8,13-14,18H,9-12H2,1-4H3,(H,22,26). The Bertz CT molecular complexity index is 867. The fourth-order valence-corrected chi connectivity index (χ4v) is 4.06. The highest BCUT2D eigenvalue weighted by atomic mass is 32.1. The van der Waals surface area contributed by atoms with E-state index >= 15 is 0 Å². The number of hydrogen-bond acceptors (Lipinski definition) is 6. The fourth-order valence-electron chi connectivity index (χ4n) is 3.45. The van der Waals surface area contributed by atoms with Crippen molar-refractivity contribution in [3.8, 4) is 5.75 Å². The van der Waals surface area contributed by atoms with Gasteiger partial charge in [-0.05, 0) is 34.0 Å². The lowest BCUT2D eigenvalue weighted by Gasteiger charge is -2.33. The predicted molar refractivity (Wildman–Crippen MR) is 113 cm³/mol. The number of carbonyl (C=O) groups excluding carboxylic acids is 2. The van der Waals surface area contributed by atoms with E-state index < -0.39 is 6.04 Å². The number of nitrogens with zero attached hydrogens (tertiary/aromatic N) is 3. The topological polar surface area (TPSA) is 74.8 Å². The van der Waals surface area contributed by atoms with Crippen LogP contribution in [-0.4, -0.2) is 65.9 Å². The summed E-state index contributed by atoms with van der Waals surface area (Å²) >= 11 is 1.51. The lowest BCUT2D eigenvalue weighted by Crippen LogP contribution is -2.53. The zero-order valence-corrected chi connectivity index (χ0v) is 18.2. The zero-order valence-electron chi connectivity index (χ0n) is 17.3. The summed E-state index contributed by atoms with van der Waals surface area (Å²) < 4.78 is 5.97. The number of carbonyl (C=O) groups is 2. The van der Waals surface area contributed by atoms with E-state index in [1.54, 1.807) is 6.92 Å². The van der Waals surface area contributed by atoms with E-state index in [-0.39, 0.29) is 24.3 Å². The Labute approximate surface area is 175 Å². The molecule has 2 atom stereocenters. The summed E-state index contributed by atoms with van der Waals surface area (Å²) in [6.07, 6.45) is 0.176. The van der Waals surface area contributed by atoms with Gasteiger partial charge in [-0.1, -0.05) is 18.2 Å². The van der Waals surface area contributed by atoms with E-state index in [0.717, 1.165) is 22.0 Å². The molecule has 2 unspecified atom stereocenters. The average Bonchev–Trinajstić information content (AvgIpc) is 2.98. The third kappa shape index (κ3) is 5.55. The van der Waals surface area contributed by atoms with E-state index in [9.17, 15) is 9.59 Å². The zero-order chi connectivity index (χ0) is 21.0. The Kier molecular flexibility index (Phi) is 6.87. The quantitative estimate of drug-likeness (QED) is 0.778. The van der Waals surface area contributed by atoms with Crippen LogP contribution in [-0.2, 0) is 22.6 Å². The summed E-state index contributed by atoms with van der Waals surface area (Å²) in [6, 6.07) is 7.04. The van der Waals surface area contributed by atoms with E-state index in [1.807, 2.05) is 60.5 Å². The predicted octanol–water partition coefficient (Wildman–Crippen LogP) is 1.85. The van der Waals surface area contributed by atoms with Crippen molar-refractivity contribution >= 4 is 23.2 Å². The smallest absolute Gasteiger partial charge is 0.245 e. The van der Waals surface area contributed by atoms with E-state index in [0.29, 0.717) is 19.7 Å². The molecule has 1 aromatic carbocycles. The minimum absolute atomic E-state index is 0.106. The number of ether oxygens (including phenoxy) is 1. The van der Waals surface area contributed by atoms with Crippen molar-refractivity contribution in [1.82, 2.24) is 20.1 Å². The third-order valence-electron chi connectivity index (χ3n) is 4.80. The van der Waals surface area contributed by atoms with E-state index in [2.05, 4.69) is 10.3 Å². The van der Waals surface area contributed by atoms with Crippen molar-refractivity contribution in [2.24, 2.45) is 0 Å². The van der Waals surface area contributed by atoms with Crippen LogP contribution in [0.15, 0.2) is 29.6 Å². The maximum Gasteiger partial charge on any atom is 0.245 e. The minimum Gasteiger partial charge on any atom is -0.491 e. The second-order valence-electron chi connectivity index (χ2n) is 7.62. The van der Waals surface area contributed by atoms with Crippen LogP contribution in [0.1, 0.15) is 23.2 Å². The van der Waals surface area contributed by atoms with Crippen LogP contribution in [0.25, 0.3) is 0 Å². The number of aromatic nitrogens is 1. The van der Waals surface area contributed by atoms with Crippen molar-refractivity contribution in [2.45, 2.75) is 38.9 Å². The van der Waals surface area contributed by atoms with Gasteiger partial charge in [-0.3, -0.25) is 9.59 Å². The summed E-state index contributed by atoms with van der Waals surface area (Å²) in [5.74, 6) is 0.494. The van der Waals surface area contributed by atoms with Crippen LogP contribution >= 0.6 is 11.3 Å². The molecule has 29 heavy (non-hydrogen) atoms. The number of nitrogens with one attached hydrogen (secondary N) is 1. The minimum atomic E-state index is -0.628. The van der Waals surface area contributed by atoms with Crippen molar-refractivity contribution in [1.29, 1.82) is 0 Å². The summed E-state index contributed by atoms with van der Waals surface area (Å²) in [5, 5.41) is 5.63. The molecule has 1 aromatic heterocycles. The van der Waals surface area contributed by atoms with Gasteiger partial charge in [0.1, 0.15) is 18.4 Å². The summed E-state index contributed by atoms with van der Waals surface area (Å²) in [5.41, 5.74) is 1.70. The largest absolute Gasteiger partial charge is 0.491 e. The molecular weight excluding hydrogens is 388 g/mol. The van der Waals surface area contributed by atoms with Gasteiger partial charge in [0.2, 0.25) is 11.8 Å². The van der Waals surface area contributed by atoms with Gasteiger partial charge in [0.15, 0.2) is 0 Å². The second kappa shape index (κ2) is 9.37. The molecule has 0 saturated carbocycles. The highest BCUT2D eigenvalue weighted by Gasteiger charge is 2.32. The maximum atomic E-state index is 13.3. The number of para-hydroxylation sites is 1. The Hall–Kier alpha value is -2.45. The Morgan fingerprint density at radius 2 is 2.14 bits per heavy atom. The molecule has 2 aromatic rings. The lowest BCUT2D eigenvalue weighted by molar-refractivity contribution is -0.139. The van der Waals surface area contributed by atoms with Crippen LogP contribution in [0.5, 0.6) is 5.75 Å². The normalized spacial score (nSPS) is 17.3. The van der Waals surface area contributed by atoms with Crippen LogP contribution in [0, 0.1) is 6.92 Å². The molecule has 0 fully saturated rings. The first-order valence-corrected chi connectivity index (χ1v) is 10.6. The number of rotatable bonds is 6. The van der Waals surface area contributed by atoms with Gasteiger partial charge in [-0.2, -0.15) is 0 Å². The lowest BCUT2D eigenvalue weighted by atomic mass is 10.1. The first-order valence-electron chi connectivity index (χ1n) is 9.69. The molecule has 1 N–H and O–H groups in total. The number of thiazole rings is 1. The highest BCUT2D eigenvalue weighted by molar-refractivity contribution is 7.09. The second-order valence-corrected chi connectivity index (χ2v) is 8.69. The first kappa shape index (κ1) is 21.3. The number of benzene rings is 1. The number of amides is 2. The van der Waals surface area contributed by atoms with Gasteiger partial charge in [0.25, 0.3) is 0 Å². The first-order chi connectivity index (χ1) is 13.8. The molecule has 8 heteroatoms. The van der Waals surface area contributed by atoms with Crippen LogP contribution in [0.3, 0.4) is 0 Å². The molecule has 0 bridgehead atoms. The van der Waals surface area contributed by atoms with E-state index in [1.165, 1.54) is 11.3 Å². The molecular formula is C21H28N4O3S. The number of aryl methyl sites for hydroxylation is 1. The molecule has 0 spiro atoms. The Morgan fingerprint density at radius 3 is 2.83 bits per heavy atom. The highest BCUT2D eigenvalue weighted by Crippen LogP contribution is 2.25. The third-order valence-corrected chi connectivity index (χ3v) is 5.62. The molecule has 0 radical (unpaired) electrons. The van der Waals surface area contributed by atoms with Gasteiger partial charge >= 0.3 is 0 Å². The van der Waals surface area contributed by atoms with Gasteiger partial charge in [-0.25, -0.2) is 4.98 Å². The molecule has 3 rings (SSSR count).